The first-order valence-corrected chi connectivity index (χ1v) is 7.20. The molecule has 0 bridgehead atoms. The van der Waals surface area contributed by atoms with Gasteiger partial charge in [-0.05, 0) is 36.4 Å². The summed E-state index contributed by atoms with van der Waals surface area (Å²) in [5.41, 5.74) is 2.15. The fraction of sp³-hybridized carbons (Fsp3) is 0. The molecule has 3 rings (SSSR count). The molecule has 0 N–H and O–H groups in total. The Labute approximate surface area is 125 Å². The van der Waals surface area contributed by atoms with Gasteiger partial charge in [0.1, 0.15) is 5.01 Å². The highest BCUT2D eigenvalue weighted by Gasteiger charge is 2.04. The highest BCUT2D eigenvalue weighted by atomic mass is 32.1. The fourth-order valence-corrected chi connectivity index (χ4v) is 2.50. The smallest absolute Gasteiger partial charge is 0.187 e. The summed E-state index contributed by atoms with van der Waals surface area (Å²) in [4.78, 5) is 24.6. The number of allylic oxidation sites excluding steroid dienone is 1. The summed E-state index contributed by atoms with van der Waals surface area (Å²) in [5.74, 6) is -0.0875. The Morgan fingerprint density at radius 1 is 1.14 bits per heavy atom. The highest BCUT2D eigenvalue weighted by Crippen LogP contribution is 2.21. The van der Waals surface area contributed by atoms with Gasteiger partial charge in [0.2, 0.25) is 0 Å². The molecule has 102 valence electrons. The van der Waals surface area contributed by atoms with Crippen LogP contribution in [0.1, 0.15) is 16.1 Å². The van der Waals surface area contributed by atoms with E-state index in [1.807, 2.05) is 23.6 Å². The lowest BCUT2D eigenvalue weighted by atomic mass is 10.2. The summed E-state index contributed by atoms with van der Waals surface area (Å²) in [5, 5.41) is 2.74. The second-order valence-electron chi connectivity index (χ2n) is 4.23. The lowest BCUT2D eigenvalue weighted by Gasteiger charge is -1.93. The molecule has 0 unspecified atom stereocenters. The zero-order valence-electron chi connectivity index (χ0n) is 11.0. The van der Waals surface area contributed by atoms with Gasteiger partial charge in [-0.3, -0.25) is 14.8 Å². The van der Waals surface area contributed by atoms with Crippen LogP contribution in [0.4, 0.5) is 0 Å². The molecule has 3 aromatic rings. The van der Waals surface area contributed by atoms with Crippen LogP contribution in [0.3, 0.4) is 0 Å². The SMILES string of the molecule is O=C(/C=C\c1csc(-c2ccccn2)n1)c1cccnc1. The van der Waals surface area contributed by atoms with Crippen LogP contribution in [0, 0.1) is 0 Å². The molecule has 3 aromatic heterocycles. The Morgan fingerprint density at radius 3 is 2.86 bits per heavy atom. The lowest BCUT2D eigenvalue weighted by Crippen LogP contribution is -1.94. The van der Waals surface area contributed by atoms with Gasteiger partial charge in [0.05, 0.1) is 11.4 Å². The van der Waals surface area contributed by atoms with Crippen molar-refractivity contribution in [3.05, 3.63) is 71.6 Å². The summed E-state index contributed by atoms with van der Waals surface area (Å²) in [6, 6.07) is 9.17. The van der Waals surface area contributed by atoms with Gasteiger partial charge in [-0.25, -0.2) is 4.98 Å². The molecule has 21 heavy (non-hydrogen) atoms. The standard InChI is InChI=1S/C16H11N3OS/c20-15(12-4-3-8-17-10-12)7-6-13-11-21-16(19-13)14-5-1-2-9-18-14/h1-11H/b7-6-. The summed E-state index contributed by atoms with van der Waals surface area (Å²) >= 11 is 1.50. The number of thiazole rings is 1. The van der Waals surface area contributed by atoms with Gasteiger partial charge in [-0.2, -0.15) is 0 Å². The normalized spacial score (nSPS) is 10.9. The summed E-state index contributed by atoms with van der Waals surface area (Å²) in [7, 11) is 0. The van der Waals surface area contributed by atoms with Gasteiger partial charge in [0.15, 0.2) is 5.78 Å². The van der Waals surface area contributed by atoms with Crippen LogP contribution in [-0.4, -0.2) is 20.7 Å². The van der Waals surface area contributed by atoms with Crippen LogP contribution < -0.4 is 0 Å². The fourth-order valence-electron chi connectivity index (χ4n) is 1.74. The molecule has 0 spiro atoms. The maximum absolute atomic E-state index is 11.9. The number of carbonyl (C=O) groups is 1. The third-order valence-corrected chi connectivity index (χ3v) is 3.64. The van der Waals surface area contributed by atoms with Crippen LogP contribution in [0.15, 0.2) is 60.4 Å². The van der Waals surface area contributed by atoms with E-state index in [-0.39, 0.29) is 5.78 Å². The van der Waals surface area contributed by atoms with Crippen molar-refractivity contribution in [3.63, 3.8) is 0 Å². The monoisotopic (exact) mass is 293 g/mol. The molecule has 0 saturated heterocycles. The van der Waals surface area contributed by atoms with E-state index in [4.69, 9.17) is 0 Å². The van der Waals surface area contributed by atoms with Crippen molar-refractivity contribution in [3.8, 4) is 10.7 Å². The second-order valence-corrected chi connectivity index (χ2v) is 5.09. The van der Waals surface area contributed by atoms with Gasteiger partial charge in [0, 0.05) is 29.5 Å². The molecule has 5 heteroatoms. The maximum atomic E-state index is 11.9. The third kappa shape index (κ3) is 3.27. The van der Waals surface area contributed by atoms with E-state index in [0.29, 0.717) is 5.56 Å². The minimum atomic E-state index is -0.0875. The molecular formula is C16H11N3OS. The minimum absolute atomic E-state index is 0.0875. The van der Waals surface area contributed by atoms with Crippen molar-refractivity contribution >= 4 is 23.2 Å². The van der Waals surface area contributed by atoms with Crippen LogP contribution in [0.5, 0.6) is 0 Å². The Balaban J connectivity index is 1.76. The van der Waals surface area contributed by atoms with Crippen molar-refractivity contribution < 1.29 is 4.79 Å². The van der Waals surface area contributed by atoms with Crippen LogP contribution in [0.25, 0.3) is 16.8 Å². The number of nitrogens with zero attached hydrogens (tertiary/aromatic N) is 3. The number of pyridine rings is 2. The molecule has 0 aliphatic carbocycles. The Bertz CT molecular complexity index is 766. The summed E-state index contributed by atoms with van der Waals surface area (Å²) in [6.07, 6.45) is 8.14. The van der Waals surface area contributed by atoms with E-state index < -0.39 is 0 Å². The number of carbonyl (C=O) groups excluding carboxylic acids is 1. The summed E-state index contributed by atoms with van der Waals surface area (Å²) in [6.45, 7) is 0. The molecule has 0 aliphatic heterocycles. The second kappa shape index (κ2) is 6.19. The van der Waals surface area contributed by atoms with E-state index in [0.717, 1.165) is 16.4 Å². The first kappa shape index (κ1) is 13.3. The number of aromatic nitrogens is 3. The molecular weight excluding hydrogens is 282 g/mol. The molecule has 0 aromatic carbocycles. The average Bonchev–Trinajstić information content (AvgIpc) is 3.03. The molecule has 0 amide bonds. The Kier molecular flexibility index (Phi) is 3.93. The molecule has 0 radical (unpaired) electrons. The zero-order chi connectivity index (χ0) is 14.5. The van der Waals surface area contributed by atoms with Gasteiger partial charge >= 0.3 is 0 Å². The van der Waals surface area contributed by atoms with E-state index in [1.165, 1.54) is 17.4 Å². The van der Waals surface area contributed by atoms with E-state index in [1.54, 1.807) is 36.8 Å². The molecule has 0 atom stereocenters. The Morgan fingerprint density at radius 2 is 2.10 bits per heavy atom. The average molecular weight is 293 g/mol. The van der Waals surface area contributed by atoms with Gasteiger partial charge < -0.3 is 0 Å². The van der Waals surface area contributed by atoms with E-state index in [9.17, 15) is 4.79 Å². The van der Waals surface area contributed by atoms with Crippen molar-refractivity contribution in [1.82, 2.24) is 15.0 Å². The van der Waals surface area contributed by atoms with E-state index in [2.05, 4.69) is 15.0 Å². The molecule has 3 heterocycles. The zero-order valence-corrected chi connectivity index (χ0v) is 11.8. The van der Waals surface area contributed by atoms with Crippen molar-refractivity contribution in [2.45, 2.75) is 0 Å². The Hall–Kier alpha value is -2.66. The quantitative estimate of drug-likeness (QED) is 0.546. The van der Waals surface area contributed by atoms with Crippen LogP contribution in [0.2, 0.25) is 0 Å². The highest BCUT2D eigenvalue weighted by molar-refractivity contribution is 7.13. The molecule has 0 aliphatic rings. The minimum Gasteiger partial charge on any atom is -0.289 e. The van der Waals surface area contributed by atoms with Crippen LogP contribution >= 0.6 is 11.3 Å². The maximum Gasteiger partial charge on any atom is 0.187 e. The van der Waals surface area contributed by atoms with Gasteiger partial charge in [0.25, 0.3) is 0 Å². The molecule has 0 fully saturated rings. The number of rotatable bonds is 4. The van der Waals surface area contributed by atoms with Crippen LogP contribution in [-0.2, 0) is 0 Å². The van der Waals surface area contributed by atoms with Crippen molar-refractivity contribution in [1.29, 1.82) is 0 Å². The lowest BCUT2D eigenvalue weighted by molar-refractivity contribution is 0.104. The van der Waals surface area contributed by atoms with Gasteiger partial charge in [-0.15, -0.1) is 11.3 Å². The predicted molar refractivity (Wildman–Crippen MR) is 82.9 cm³/mol. The summed E-state index contributed by atoms with van der Waals surface area (Å²) < 4.78 is 0. The predicted octanol–water partition coefficient (Wildman–Crippen LogP) is 3.50. The number of ketones is 1. The van der Waals surface area contributed by atoms with Crippen molar-refractivity contribution in [2.24, 2.45) is 0 Å². The van der Waals surface area contributed by atoms with E-state index >= 15 is 0 Å². The first-order chi connectivity index (χ1) is 10.3. The molecule has 0 saturated carbocycles. The third-order valence-electron chi connectivity index (χ3n) is 2.76. The number of hydrogen-bond acceptors (Lipinski definition) is 5. The largest absolute Gasteiger partial charge is 0.289 e. The van der Waals surface area contributed by atoms with Gasteiger partial charge in [-0.1, -0.05) is 6.07 Å². The molecule has 4 nitrogen and oxygen atoms in total. The van der Waals surface area contributed by atoms with Crippen molar-refractivity contribution in [2.75, 3.05) is 0 Å². The first-order valence-electron chi connectivity index (χ1n) is 6.32. The topological polar surface area (TPSA) is 55.7 Å². The number of hydrogen-bond donors (Lipinski definition) is 0.